The van der Waals surface area contributed by atoms with E-state index in [1.54, 1.807) is 37.4 Å². The summed E-state index contributed by atoms with van der Waals surface area (Å²) in [5.41, 5.74) is 2.19. The first kappa shape index (κ1) is 25.2. The van der Waals surface area contributed by atoms with Gasteiger partial charge in [0, 0.05) is 38.7 Å². The smallest absolute Gasteiger partial charge is 0.335 e. The van der Waals surface area contributed by atoms with E-state index in [-0.39, 0.29) is 26.5 Å². The van der Waals surface area contributed by atoms with E-state index >= 15 is 0 Å². The second-order valence-electron chi connectivity index (χ2n) is 7.74. The molecule has 1 unspecified atom stereocenters. The van der Waals surface area contributed by atoms with E-state index < -0.39 is 34.2 Å². The average molecular weight is 526 g/mol. The zero-order valence-electron chi connectivity index (χ0n) is 18.7. The van der Waals surface area contributed by atoms with Crippen LogP contribution >= 0.6 is 11.6 Å². The van der Waals surface area contributed by atoms with Crippen LogP contribution in [0, 0.1) is 11.6 Å². The van der Waals surface area contributed by atoms with E-state index in [1.165, 1.54) is 12.1 Å². The predicted octanol–water partition coefficient (Wildman–Crippen LogP) is 6.42. The maximum Gasteiger partial charge on any atom is 0.335 e. The SMILES string of the molecule is CNc1cc(-c2ccc(Cl)cc2)ccc1C(=O)c1cc(C(=O)O)cc(S(=O)c2ccc(F)c(F)c2)c1. The van der Waals surface area contributed by atoms with Crippen LogP contribution in [0.3, 0.4) is 0 Å². The molecule has 0 aliphatic carbocycles. The van der Waals surface area contributed by atoms with Crippen LogP contribution in [-0.4, -0.2) is 28.1 Å². The molecule has 0 spiro atoms. The number of nitrogens with one attached hydrogen (secondary N) is 1. The van der Waals surface area contributed by atoms with Crippen LogP contribution in [0.15, 0.2) is 88.7 Å². The summed E-state index contributed by atoms with van der Waals surface area (Å²) in [7, 11) is -0.414. The third kappa shape index (κ3) is 5.19. The van der Waals surface area contributed by atoms with Crippen LogP contribution in [0.2, 0.25) is 5.02 Å². The number of hydrogen-bond donors (Lipinski definition) is 2. The van der Waals surface area contributed by atoms with Crippen LogP contribution in [0.25, 0.3) is 11.1 Å². The van der Waals surface area contributed by atoms with E-state index in [9.17, 15) is 27.7 Å². The summed E-state index contributed by atoms with van der Waals surface area (Å²) in [4.78, 5) is 25.1. The molecule has 5 nitrogen and oxygen atoms in total. The summed E-state index contributed by atoms with van der Waals surface area (Å²) in [6.07, 6.45) is 0. The van der Waals surface area contributed by atoms with E-state index in [2.05, 4.69) is 5.32 Å². The van der Waals surface area contributed by atoms with Crippen molar-refractivity contribution < 1.29 is 27.7 Å². The Kier molecular flexibility index (Phi) is 7.28. The minimum atomic E-state index is -2.06. The Bertz CT molecular complexity index is 1520. The van der Waals surface area contributed by atoms with E-state index in [4.69, 9.17) is 11.6 Å². The number of carbonyl (C=O) groups excluding carboxylic acids is 1. The second kappa shape index (κ2) is 10.4. The molecule has 0 saturated heterocycles. The summed E-state index contributed by atoms with van der Waals surface area (Å²) < 4.78 is 40.0. The number of hydrogen-bond acceptors (Lipinski definition) is 4. The van der Waals surface area contributed by atoms with Gasteiger partial charge in [0.05, 0.1) is 16.4 Å². The molecule has 0 saturated carbocycles. The van der Waals surface area contributed by atoms with Crippen LogP contribution < -0.4 is 5.32 Å². The number of halogens is 3. The average Bonchev–Trinajstić information content (AvgIpc) is 2.89. The molecule has 36 heavy (non-hydrogen) atoms. The van der Waals surface area contributed by atoms with E-state index in [0.29, 0.717) is 10.7 Å². The number of aromatic carboxylic acids is 1. The van der Waals surface area contributed by atoms with Crippen molar-refractivity contribution in [3.05, 3.63) is 112 Å². The number of carbonyl (C=O) groups is 2. The van der Waals surface area contributed by atoms with Gasteiger partial charge in [-0.1, -0.05) is 29.8 Å². The Morgan fingerprint density at radius 1 is 0.806 bits per heavy atom. The molecule has 0 heterocycles. The van der Waals surface area contributed by atoms with Crippen LogP contribution in [0.4, 0.5) is 14.5 Å². The minimum absolute atomic E-state index is 0.0171. The molecule has 0 fully saturated rings. The number of rotatable bonds is 7. The van der Waals surface area contributed by atoms with Crippen LogP contribution in [0.5, 0.6) is 0 Å². The Balaban J connectivity index is 1.76. The zero-order valence-corrected chi connectivity index (χ0v) is 20.3. The van der Waals surface area contributed by atoms with Gasteiger partial charge in [0.1, 0.15) is 0 Å². The first-order valence-corrected chi connectivity index (χ1v) is 12.1. The number of ketones is 1. The Hall–Kier alpha value is -3.88. The van der Waals surface area contributed by atoms with Crippen molar-refractivity contribution in [1.82, 2.24) is 0 Å². The summed E-state index contributed by atoms with van der Waals surface area (Å²) >= 11 is 5.96. The predicted molar refractivity (Wildman–Crippen MR) is 134 cm³/mol. The van der Waals surface area contributed by atoms with Crippen LogP contribution in [0.1, 0.15) is 26.3 Å². The number of benzene rings is 4. The lowest BCUT2D eigenvalue weighted by Crippen LogP contribution is -2.09. The van der Waals surface area contributed by atoms with Gasteiger partial charge in [0.15, 0.2) is 17.4 Å². The van der Waals surface area contributed by atoms with Crippen molar-refractivity contribution >= 4 is 39.8 Å². The number of carboxylic acids is 1. The topological polar surface area (TPSA) is 83.5 Å². The van der Waals surface area contributed by atoms with Gasteiger partial charge in [-0.2, -0.15) is 0 Å². The highest BCUT2D eigenvalue weighted by Gasteiger charge is 2.20. The molecule has 0 aliphatic heterocycles. The summed E-state index contributed by atoms with van der Waals surface area (Å²) in [6.45, 7) is 0. The van der Waals surface area contributed by atoms with Gasteiger partial charge in [-0.05, 0) is 71.8 Å². The van der Waals surface area contributed by atoms with Gasteiger partial charge in [-0.3, -0.25) is 4.79 Å². The molecule has 4 rings (SSSR count). The van der Waals surface area contributed by atoms with Crippen molar-refractivity contribution in [3.63, 3.8) is 0 Å². The monoisotopic (exact) mass is 525 g/mol. The van der Waals surface area contributed by atoms with E-state index in [0.717, 1.165) is 35.4 Å². The maximum absolute atomic E-state index is 13.7. The quantitative estimate of drug-likeness (QED) is 0.272. The van der Waals surface area contributed by atoms with Gasteiger partial charge in [-0.25, -0.2) is 17.8 Å². The number of anilines is 1. The number of carboxylic acid groups (broad SMARTS) is 1. The fraction of sp³-hybridized carbons (Fsp3) is 0.0370. The molecule has 4 aromatic carbocycles. The highest BCUT2D eigenvalue weighted by Crippen LogP contribution is 2.29. The zero-order chi connectivity index (χ0) is 26.0. The molecule has 0 bridgehead atoms. The normalized spacial score (nSPS) is 11.7. The fourth-order valence-electron chi connectivity index (χ4n) is 3.62. The molecule has 182 valence electrons. The van der Waals surface area contributed by atoms with Crippen LogP contribution in [-0.2, 0) is 10.8 Å². The summed E-state index contributed by atoms with van der Waals surface area (Å²) in [6, 6.07) is 18.7. The fourth-order valence-corrected chi connectivity index (χ4v) is 4.88. The molecule has 9 heteroatoms. The molecule has 0 aromatic heterocycles. The molecule has 0 aliphatic rings. The maximum atomic E-state index is 13.7. The van der Waals surface area contributed by atoms with E-state index in [1.807, 2.05) is 12.1 Å². The summed E-state index contributed by atoms with van der Waals surface area (Å²) in [5, 5.41) is 13.1. The standard InChI is InChI=1S/C27H18ClF2NO4S/c1-31-25-13-16(15-2-5-19(28)6-3-15)4-8-22(25)26(32)17-10-18(27(33)34)12-21(11-17)36(35)20-7-9-23(29)24(30)14-20/h2-14,31H,1H3,(H,33,34). The molecule has 1 atom stereocenters. The molecular weight excluding hydrogens is 508 g/mol. The highest BCUT2D eigenvalue weighted by molar-refractivity contribution is 7.85. The third-order valence-corrected chi connectivity index (χ3v) is 7.04. The van der Waals surface area contributed by atoms with Gasteiger partial charge in [0.25, 0.3) is 0 Å². The van der Waals surface area contributed by atoms with Crippen molar-refractivity contribution in [2.75, 3.05) is 12.4 Å². The summed E-state index contributed by atoms with van der Waals surface area (Å²) in [5.74, 6) is -4.13. The Morgan fingerprint density at radius 3 is 2.11 bits per heavy atom. The minimum Gasteiger partial charge on any atom is -0.478 e. The van der Waals surface area contributed by atoms with Gasteiger partial charge in [-0.15, -0.1) is 0 Å². The van der Waals surface area contributed by atoms with Crippen molar-refractivity contribution in [1.29, 1.82) is 0 Å². The molecule has 0 amide bonds. The largest absolute Gasteiger partial charge is 0.478 e. The van der Waals surface area contributed by atoms with Crippen molar-refractivity contribution in [2.45, 2.75) is 9.79 Å². The Morgan fingerprint density at radius 2 is 1.47 bits per heavy atom. The molecule has 0 radical (unpaired) electrons. The lowest BCUT2D eigenvalue weighted by atomic mass is 9.96. The molecule has 4 aromatic rings. The van der Waals surface area contributed by atoms with Crippen molar-refractivity contribution in [3.8, 4) is 11.1 Å². The van der Waals surface area contributed by atoms with Gasteiger partial charge < -0.3 is 10.4 Å². The highest BCUT2D eigenvalue weighted by atomic mass is 35.5. The van der Waals surface area contributed by atoms with Gasteiger partial charge in [0.2, 0.25) is 0 Å². The van der Waals surface area contributed by atoms with Crippen molar-refractivity contribution in [2.24, 2.45) is 0 Å². The molecular formula is C27H18ClF2NO4S. The lowest BCUT2D eigenvalue weighted by molar-refractivity contribution is 0.0696. The second-order valence-corrected chi connectivity index (χ2v) is 9.66. The third-order valence-electron chi connectivity index (χ3n) is 5.45. The Labute approximate surface area is 212 Å². The first-order chi connectivity index (χ1) is 17.2. The lowest BCUT2D eigenvalue weighted by Gasteiger charge is -2.13. The van der Waals surface area contributed by atoms with Gasteiger partial charge >= 0.3 is 5.97 Å². The first-order valence-electron chi connectivity index (χ1n) is 10.6. The molecule has 2 N–H and O–H groups in total.